The Hall–Kier alpha value is -2.28. The molecular formula is C14H16N4O2S. The first kappa shape index (κ1) is 15.1. The third-order valence-electron chi connectivity index (χ3n) is 2.80. The summed E-state index contributed by atoms with van der Waals surface area (Å²) < 4.78 is 0. The van der Waals surface area contributed by atoms with Crippen molar-refractivity contribution in [2.45, 2.75) is 24.3 Å². The van der Waals surface area contributed by atoms with E-state index in [1.807, 2.05) is 31.2 Å². The van der Waals surface area contributed by atoms with E-state index in [1.54, 1.807) is 6.92 Å². The van der Waals surface area contributed by atoms with Crippen LogP contribution in [0.5, 0.6) is 0 Å². The Morgan fingerprint density at radius 3 is 2.81 bits per heavy atom. The molecule has 7 heteroatoms. The van der Waals surface area contributed by atoms with Crippen LogP contribution < -0.4 is 16.6 Å². The minimum atomic E-state index is -0.422. The van der Waals surface area contributed by atoms with E-state index in [0.29, 0.717) is 5.16 Å². The lowest BCUT2D eigenvalue weighted by Gasteiger charge is -2.12. The summed E-state index contributed by atoms with van der Waals surface area (Å²) in [4.78, 5) is 30.0. The standard InChI is InChI=1S/C14H16N4O2S/c1-8-5-3-4-6-10(8)16-13(20)9(2)21-14-17-11(15)7-12(19)18-14/h3-7,9H,1-2H3,(H,16,20)(H3,15,17,18,19)/t9-/m1/s1. The largest absolute Gasteiger partial charge is 0.383 e. The molecule has 0 aliphatic carbocycles. The molecule has 0 saturated heterocycles. The maximum absolute atomic E-state index is 12.2. The van der Waals surface area contributed by atoms with Gasteiger partial charge in [0.05, 0.1) is 5.25 Å². The second-order valence-electron chi connectivity index (χ2n) is 4.54. The quantitative estimate of drug-likeness (QED) is 0.590. The number of H-pyrrole nitrogens is 1. The number of aromatic nitrogens is 2. The van der Waals surface area contributed by atoms with Gasteiger partial charge in [0, 0.05) is 11.8 Å². The first-order chi connectivity index (χ1) is 9.95. The fourth-order valence-corrected chi connectivity index (χ4v) is 2.50. The maximum Gasteiger partial charge on any atom is 0.253 e. The third-order valence-corrected chi connectivity index (χ3v) is 3.78. The fraction of sp³-hybridized carbons (Fsp3) is 0.214. The van der Waals surface area contributed by atoms with Gasteiger partial charge in [-0.2, -0.15) is 0 Å². The number of aromatic amines is 1. The third kappa shape index (κ3) is 4.09. The summed E-state index contributed by atoms with van der Waals surface area (Å²) in [7, 11) is 0. The van der Waals surface area contributed by atoms with Crippen LogP contribution in [0.2, 0.25) is 0 Å². The summed E-state index contributed by atoms with van der Waals surface area (Å²) in [5, 5.41) is 2.75. The smallest absolute Gasteiger partial charge is 0.253 e. The number of aryl methyl sites for hydroxylation is 1. The summed E-state index contributed by atoms with van der Waals surface area (Å²) in [6, 6.07) is 8.72. The van der Waals surface area contributed by atoms with Gasteiger partial charge in [-0.15, -0.1) is 0 Å². The molecule has 0 fully saturated rings. The summed E-state index contributed by atoms with van der Waals surface area (Å²) in [6.45, 7) is 3.66. The predicted molar refractivity (Wildman–Crippen MR) is 84.4 cm³/mol. The molecule has 1 aromatic heterocycles. The number of amides is 1. The zero-order valence-electron chi connectivity index (χ0n) is 11.7. The molecule has 0 aliphatic rings. The Morgan fingerprint density at radius 2 is 2.14 bits per heavy atom. The maximum atomic E-state index is 12.2. The Morgan fingerprint density at radius 1 is 1.43 bits per heavy atom. The van der Waals surface area contributed by atoms with Crippen molar-refractivity contribution < 1.29 is 4.79 Å². The molecule has 1 heterocycles. The molecule has 0 bridgehead atoms. The summed E-state index contributed by atoms with van der Waals surface area (Å²) in [6.07, 6.45) is 0. The normalized spacial score (nSPS) is 11.9. The van der Waals surface area contributed by atoms with Crippen LogP contribution in [0, 0.1) is 6.92 Å². The van der Waals surface area contributed by atoms with E-state index in [-0.39, 0.29) is 17.3 Å². The van der Waals surface area contributed by atoms with Gasteiger partial charge in [-0.05, 0) is 25.5 Å². The van der Waals surface area contributed by atoms with Gasteiger partial charge in [0.15, 0.2) is 5.16 Å². The molecule has 0 unspecified atom stereocenters. The highest BCUT2D eigenvalue weighted by atomic mass is 32.2. The Bertz CT molecular complexity index is 714. The number of nitrogens with zero attached hydrogens (tertiary/aromatic N) is 1. The monoisotopic (exact) mass is 304 g/mol. The number of hydrogen-bond acceptors (Lipinski definition) is 5. The number of benzene rings is 1. The molecule has 1 atom stereocenters. The number of carbonyl (C=O) groups is 1. The molecular weight excluding hydrogens is 288 g/mol. The van der Waals surface area contributed by atoms with E-state index >= 15 is 0 Å². The second kappa shape index (κ2) is 6.45. The first-order valence-electron chi connectivity index (χ1n) is 6.35. The Balaban J connectivity index is 2.06. The number of nitrogen functional groups attached to an aromatic ring is 1. The predicted octanol–water partition coefficient (Wildman–Crippen LogP) is 1.78. The minimum absolute atomic E-state index is 0.132. The number of nitrogens with two attached hydrogens (primary N) is 1. The Kier molecular flexibility index (Phi) is 4.64. The average Bonchev–Trinajstić information content (AvgIpc) is 2.40. The second-order valence-corrected chi connectivity index (χ2v) is 5.87. The van der Waals surface area contributed by atoms with Crippen molar-refractivity contribution in [3.05, 3.63) is 46.2 Å². The van der Waals surface area contributed by atoms with Gasteiger partial charge in [-0.25, -0.2) is 4.98 Å². The van der Waals surface area contributed by atoms with Gasteiger partial charge < -0.3 is 16.0 Å². The van der Waals surface area contributed by atoms with Crippen LogP contribution in [0.1, 0.15) is 12.5 Å². The van der Waals surface area contributed by atoms with Gasteiger partial charge in [-0.3, -0.25) is 9.59 Å². The lowest BCUT2D eigenvalue weighted by Crippen LogP contribution is -2.23. The molecule has 6 nitrogen and oxygen atoms in total. The number of para-hydroxylation sites is 1. The van der Waals surface area contributed by atoms with Gasteiger partial charge in [0.25, 0.3) is 5.56 Å². The molecule has 2 aromatic rings. The van der Waals surface area contributed by atoms with E-state index in [4.69, 9.17) is 5.73 Å². The summed E-state index contributed by atoms with van der Waals surface area (Å²) in [5.41, 5.74) is 6.93. The zero-order valence-corrected chi connectivity index (χ0v) is 12.5. The molecule has 0 spiro atoms. The van der Waals surface area contributed by atoms with Crippen molar-refractivity contribution in [1.82, 2.24) is 9.97 Å². The number of thioether (sulfide) groups is 1. The van der Waals surface area contributed by atoms with Crippen molar-refractivity contribution in [3.63, 3.8) is 0 Å². The molecule has 0 aliphatic heterocycles. The van der Waals surface area contributed by atoms with Crippen LogP contribution in [0.4, 0.5) is 11.5 Å². The van der Waals surface area contributed by atoms with Gasteiger partial charge in [-0.1, -0.05) is 30.0 Å². The van der Waals surface area contributed by atoms with E-state index in [0.717, 1.165) is 23.0 Å². The van der Waals surface area contributed by atoms with Gasteiger partial charge in [0.2, 0.25) is 5.91 Å². The molecule has 4 N–H and O–H groups in total. The number of rotatable bonds is 4. The Labute approximate surface area is 126 Å². The molecule has 21 heavy (non-hydrogen) atoms. The van der Waals surface area contributed by atoms with Crippen LogP contribution in [0.15, 0.2) is 40.3 Å². The number of nitrogens with one attached hydrogen (secondary N) is 2. The summed E-state index contributed by atoms with van der Waals surface area (Å²) >= 11 is 1.15. The van der Waals surface area contributed by atoms with Gasteiger partial charge >= 0.3 is 0 Å². The van der Waals surface area contributed by atoms with Crippen LogP contribution in [-0.4, -0.2) is 21.1 Å². The molecule has 0 saturated carbocycles. The van der Waals surface area contributed by atoms with E-state index in [2.05, 4.69) is 15.3 Å². The number of hydrogen-bond donors (Lipinski definition) is 3. The van der Waals surface area contributed by atoms with Crippen LogP contribution >= 0.6 is 11.8 Å². The van der Waals surface area contributed by atoms with E-state index < -0.39 is 5.25 Å². The number of carbonyl (C=O) groups excluding carboxylic acids is 1. The molecule has 1 amide bonds. The molecule has 2 rings (SSSR count). The van der Waals surface area contributed by atoms with Crippen molar-refractivity contribution >= 4 is 29.2 Å². The molecule has 0 radical (unpaired) electrons. The average molecular weight is 304 g/mol. The minimum Gasteiger partial charge on any atom is -0.383 e. The van der Waals surface area contributed by atoms with Crippen LogP contribution in [0.25, 0.3) is 0 Å². The van der Waals surface area contributed by atoms with Crippen molar-refractivity contribution in [2.75, 3.05) is 11.1 Å². The van der Waals surface area contributed by atoms with Crippen molar-refractivity contribution in [1.29, 1.82) is 0 Å². The zero-order chi connectivity index (χ0) is 15.4. The van der Waals surface area contributed by atoms with E-state index in [9.17, 15) is 9.59 Å². The van der Waals surface area contributed by atoms with Crippen LogP contribution in [-0.2, 0) is 4.79 Å². The molecule has 110 valence electrons. The van der Waals surface area contributed by atoms with Crippen molar-refractivity contribution in [2.24, 2.45) is 0 Å². The van der Waals surface area contributed by atoms with E-state index in [1.165, 1.54) is 6.07 Å². The highest BCUT2D eigenvalue weighted by Gasteiger charge is 2.16. The highest BCUT2D eigenvalue weighted by molar-refractivity contribution is 8.00. The molecule has 1 aromatic carbocycles. The van der Waals surface area contributed by atoms with Crippen LogP contribution in [0.3, 0.4) is 0 Å². The highest BCUT2D eigenvalue weighted by Crippen LogP contribution is 2.21. The summed E-state index contributed by atoms with van der Waals surface area (Å²) in [5.74, 6) is -0.0351. The van der Waals surface area contributed by atoms with Gasteiger partial charge in [0.1, 0.15) is 5.82 Å². The number of anilines is 2. The first-order valence-corrected chi connectivity index (χ1v) is 7.23. The lowest BCUT2D eigenvalue weighted by atomic mass is 10.2. The SMILES string of the molecule is Cc1ccccc1NC(=O)[C@@H](C)Sc1nc(N)cc(=O)[nH]1. The fourth-order valence-electron chi connectivity index (χ4n) is 1.68. The topological polar surface area (TPSA) is 101 Å². The van der Waals surface area contributed by atoms with Crippen molar-refractivity contribution in [3.8, 4) is 0 Å². The lowest BCUT2D eigenvalue weighted by molar-refractivity contribution is -0.115.